The van der Waals surface area contributed by atoms with E-state index >= 15 is 0 Å². The lowest BCUT2D eigenvalue weighted by Gasteiger charge is -2.11. The van der Waals surface area contributed by atoms with E-state index in [-0.39, 0.29) is 23.0 Å². The fourth-order valence-electron chi connectivity index (χ4n) is 4.90. The highest BCUT2D eigenvalue weighted by atomic mass is 19.1. The number of hydrogen-bond acceptors (Lipinski definition) is 6. The number of halogens is 1. The summed E-state index contributed by atoms with van der Waals surface area (Å²) in [7, 11) is 2.10. The summed E-state index contributed by atoms with van der Waals surface area (Å²) in [6.07, 6.45) is 10.2. The van der Waals surface area contributed by atoms with Gasteiger partial charge in [0.1, 0.15) is 28.8 Å². The summed E-state index contributed by atoms with van der Waals surface area (Å²) in [6, 6.07) is 21.3. The SMILES string of the molecule is CC.CC(=O)/C=C/CN(C)C1CC1.CCC.CCC(C)=CNc1c(C(C)=N)n(-c2ccc(Oc3cccc(F)c3)cc2)c(=O)n1-c1cccc(C)c1. The van der Waals surface area contributed by atoms with E-state index in [9.17, 15) is 14.0 Å². The maximum atomic E-state index is 13.9. The Bertz CT molecular complexity index is 1850. The van der Waals surface area contributed by atoms with Crippen LogP contribution in [0.3, 0.4) is 0 Å². The number of benzene rings is 3. The lowest BCUT2D eigenvalue weighted by Crippen LogP contribution is -2.23. The number of carbonyl (C=O) groups is 1. The first-order valence-corrected chi connectivity index (χ1v) is 18.2. The molecule has 4 aromatic rings. The number of anilines is 1. The van der Waals surface area contributed by atoms with Crippen molar-refractivity contribution < 1.29 is 13.9 Å². The zero-order valence-corrected chi connectivity index (χ0v) is 32.7. The molecule has 3 aromatic carbocycles. The molecule has 0 spiro atoms. The minimum Gasteiger partial charge on any atom is -0.457 e. The highest BCUT2D eigenvalue weighted by Crippen LogP contribution is 2.27. The standard InChI is InChI=1S/C29H29FN4O2.C9H15NO.C3H8.C2H6/c1-5-19(2)18-32-28-27(21(4)31)33(29(35)34(28)24-10-6-8-20(3)16-24)23-12-14-25(15-13-23)36-26-11-7-9-22(30)17-26;1-8(11)4-3-7-10(2)9-5-6-9;1-3-2;1-2/h6-18,31-32H,5H2,1-4H3;3-4,9H,5-7H2,1-2H3;3H2,1-2H3;1-2H3/b;4-3+;;. The molecule has 0 unspecified atom stereocenters. The number of rotatable bonds is 12. The van der Waals surface area contributed by atoms with E-state index in [2.05, 4.69) is 38.0 Å². The third-order valence-corrected chi connectivity index (χ3v) is 7.72. The Hall–Kier alpha value is -5.02. The molecule has 5 rings (SSSR count). The molecular weight excluding hydrogens is 654 g/mol. The quantitative estimate of drug-likeness (QED) is 0.113. The van der Waals surface area contributed by atoms with E-state index in [1.807, 2.05) is 64.2 Å². The topological polar surface area (TPSA) is 92.4 Å². The van der Waals surface area contributed by atoms with Gasteiger partial charge in [-0.15, -0.1) is 0 Å². The van der Waals surface area contributed by atoms with Crippen LogP contribution in [-0.4, -0.2) is 45.2 Å². The smallest absolute Gasteiger partial charge is 0.339 e. The lowest BCUT2D eigenvalue weighted by atomic mass is 10.2. The first kappa shape index (κ1) is 43.1. The van der Waals surface area contributed by atoms with Gasteiger partial charge >= 0.3 is 5.69 Å². The number of aromatic nitrogens is 2. The van der Waals surface area contributed by atoms with Gasteiger partial charge in [-0.05, 0) is 114 Å². The van der Waals surface area contributed by atoms with Crippen molar-refractivity contribution >= 4 is 17.3 Å². The minimum absolute atomic E-state index is 0.134. The van der Waals surface area contributed by atoms with E-state index < -0.39 is 0 Å². The van der Waals surface area contributed by atoms with E-state index in [1.165, 1.54) is 36.0 Å². The van der Waals surface area contributed by atoms with Gasteiger partial charge in [0, 0.05) is 24.9 Å². The summed E-state index contributed by atoms with van der Waals surface area (Å²) in [4.78, 5) is 26.6. The van der Waals surface area contributed by atoms with Crippen LogP contribution in [0.1, 0.15) is 92.3 Å². The number of hydrogen-bond donors (Lipinski definition) is 2. The fraction of sp³-hybridized carbons (Fsp3) is 0.372. The summed E-state index contributed by atoms with van der Waals surface area (Å²) in [5, 5.41) is 11.8. The Morgan fingerprint density at radius 2 is 1.58 bits per heavy atom. The number of allylic oxidation sites excluding steroid dienone is 2. The molecule has 0 atom stereocenters. The predicted octanol–water partition coefficient (Wildman–Crippen LogP) is 10.6. The molecule has 280 valence electrons. The van der Waals surface area contributed by atoms with E-state index in [4.69, 9.17) is 10.1 Å². The van der Waals surface area contributed by atoms with Crippen LogP contribution in [0.2, 0.25) is 0 Å². The molecule has 0 amide bonds. The first-order valence-electron chi connectivity index (χ1n) is 18.2. The molecule has 0 radical (unpaired) electrons. The van der Waals surface area contributed by atoms with Gasteiger partial charge in [-0.3, -0.25) is 14.3 Å². The number of carbonyl (C=O) groups excluding carboxylic acids is 1. The van der Waals surface area contributed by atoms with Crippen molar-refractivity contribution in [2.75, 3.05) is 18.9 Å². The summed E-state index contributed by atoms with van der Waals surface area (Å²) in [6.45, 7) is 18.4. The van der Waals surface area contributed by atoms with Gasteiger partial charge in [-0.2, -0.15) is 0 Å². The van der Waals surface area contributed by atoms with Gasteiger partial charge in [0.05, 0.1) is 17.1 Å². The van der Waals surface area contributed by atoms with Crippen molar-refractivity contribution in [3.63, 3.8) is 0 Å². The van der Waals surface area contributed by atoms with Gasteiger partial charge in [-0.1, -0.05) is 70.9 Å². The number of aryl methyl sites for hydroxylation is 1. The van der Waals surface area contributed by atoms with Crippen LogP contribution in [0.5, 0.6) is 11.5 Å². The Labute approximate surface area is 310 Å². The largest absolute Gasteiger partial charge is 0.457 e. The van der Waals surface area contributed by atoms with Gasteiger partial charge < -0.3 is 15.5 Å². The minimum atomic E-state index is -0.383. The van der Waals surface area contributed by atoms with E-state index in [0.717, 1.165) is 30.1 Å². The van der Waals surface area contributed by atoms with Gasteiger partial charge in [0.15, 0.2) is 5.78 Å². The molecule has 1 aliphatic rings. The highest BCUT2D eigenvalue weighted by molar-refractivity contribution is 6.00. The Morgan fingerprint density at radius 1 is 0.942 bits per heavy atom. The zero-order valence-electron chi connectivity index (χ0n) is 32.7. The molecule has 2 N–H and O–H groups in total. The highest BCUT2D eigenvalue weighted by Gasteiger charge is 2.25. The lowest BCUT2D eigenvalue weighted by molar-refractivity contribution is -0.112. The molecule has 1 aromatic heterocycles. The van der Waals surface area contributed by atoms with E-state index in [0.29, 0.717) is 34.4 Å². The van der Waals surface area contributed by atoms with Crippen molar-refractivity contribution in [1.82, 2.24) is 14.0 Å². The Balaban J connectivity index is 0.000000489. The van der Waals surface area contributed by atoms with Crippen LogP contribution < -0.4 is 15.7 Å². The van der Waals surface area contributed by atoms with Crippen molar-refractivity contribution in [3.05, 3.63) is 124 Å². The Kier molecular flexibility index (Phi) is 18.3. The predicted molar refractivity (Wildman–Crippen MR) is 216 cm³/mol. The number of ketones is 1. The second kappa shape index (κ2) is 22.0. The molecular formula is C43H58FN5O3. The molecule has 0 saturated heterocycles. The van der Waals surface area contributed by atoms with Crippen LogP contribution in [0.4, 0.5) is 10.2 Å². The number of ether oxygens (including phenoxy) is 1. The first-order chi connectivity index (χ1) is 24.9. The average molecular weight is 712 g/mol. The molecule has 9 heteroatoms. The van der Waals surface area contributed by atoms with Crippen LogP contribution in [-0.2, 0) is 4.79 Å². The normalized spacial score (nSPS) is 12.2. The van der Waals surface area contributed by atoms with E-state index in [1.54, 1.807) is 60.9 Å². The molecule has 1 heterocycles. The summed E-state index contributed by atoms with van der Waals surface area (Å²) in [5.74, 6) is 1.15. The molecule has 52 heavy (non-hydrogen) atoms. The fourth-order valence-corrected chi connectivity index (χ4v) is 4.90. The number of imidazole rings is 1. The number of likely N-dealkylation sites (N-methyl/N-ethyl adjacent to an activating group) is 1. The number of nitrogens with one attached hydrogen (secondary N) is 2. The maximum absolute atomic E-state index is 13.9. The third-order valence-electron chi connectivity index (χ3n) is 7.72. The van der Waals surface area contributed by atoms with Crippen molar-refractivity contribution in [3.8, 4) is 22.9 Å². The maximum Gasteiger partial charge on any atom is 0.339 e. The van der Waals surface area contributed by atoms with Crippen molar-refractivity contribution in [2.24, 2.45) is 0 Å². The van der Waals surface area contributed by atoms with Crippen LogP contribution in [0.25, 0.3) is 11.4 Å². The van der Waals surface area contributed by atoms with Crippen LogP contribution >= 0.6 is 0 Å². The van der Waals surface area contributed by atoms with Gasteiger partial charge in [0.2, 0.25) is 0 Å². The second-order valence-corrected chi connectivity index (χ2v) is 12.5. The van der Waals surface area contributed by atoms with Gasteiger partial charge in [0.25, 0.3) is 0 Å². The molecule has 1 saturated carbocycles. The molecule has 1 fully saturated rings. The molecule has 8 nitrogen and oxygen atoms in total. The summed E-state index contributed by atoms with van der Waals surface area (Å²) < 4.78 is 22.4. The molecule has 0 aliphatic heterocycles. The average Bonchev–Trinajstić information content (AvgIpc) is 3.92. The summed E-state index contributed by atoms with van der Waals surface area (Å²) >= 11 is 0. The van der Waals surface area contributed by atoms with Crippen molar-refractivity contribution in [2.45, 2.75) is 94.0 Å². The van der Waals surface area contributed by atoms with Gasteiger partial charge in [-0.25, -0.2) is 13.8 Å². The number of nitrogens with zero attached hydrogens (tertiary/aromatic N) is 3. The zero-order chi connectivity index (χ0) is 38.8. The van der Waals surface area contributed by atoms with Crippen molar-refractivity contribution in [1.29, 1.82) is 5.41 Å². The van der Waals surface area contributed by atoms with Crippen LogP contribution in [0.15, 0.2) is 102 Å². The summed E-state index contributed by atoms with van der Waals surface area (Å²) in [5.41, 5.74) is 3.81. The Morgan fingerprint density at radius 3 is 2.12 bits per heavy atom. The monoisotopic (exact) mass is 711 g/mol. The molecule has 1 aliphatic carbocycles. The third kappa shape index (κ3) is 13.3. The molecule has 0 bridgehead atoms. The second-order valence-electron chi connectivity index (χ2n) is 12.5. The van der Waals surface area contributed by atoms with Crippen LogP contribution in [0, 0.1) is 18.2 Å².